The van der Waals surface area contributed by atoms with E-state index >= 15 is 0 Å². The van der Waals surface area contributed by atoms with Crippen molar-refractivity contribution in [2.24, 2.45) is 7.05 Å². The maximum absolute atomic E-state index is 13.6. The maximum Gasteiger partial charge on any atom is 0.128 e. The molecule has 0 unspecified atom stereocenters. The molecule has 90 valence electrons. The van der Waals surface area contributed by atoms with E-state index < -0.39 is 0 Å². The minimum Gasteiger partial charge on any atom is -0.496 e. The molecule has 0 spiro atoms. The van der Waals surface area contributed by atoms with Crippen LogP contribution in [0.25, 0.3) is 11.3 Å². The fourth-order valence-corrected chi connectivity index (χ4v) is 1.64. The molecule has 0 aliphatic carbocycles. The Labute approximate surface area is 98.8 Å². The molecule has 0 bridgehead atoms. The van der Waals surface area contributed by atoms with Gasteiger partial charge in [0.1, 0.15) is 17.4 Å². The lowest BCUT2D eigenvalue weighted by molar-refractivity contribution is 0.414. The first kappa shape index (κ1) is 11.4. The summed E-state index contributed by atoms with van der Waals surface area (Å²) in [6, 6.07) is 4.75. The Bertz CT molecular complexity index is 544. The first-order chi connectivity index (χ1) is 8.02. The second-order valence-corrected chi connectivity index (χ2v) is 3.88. The Balaban J connectivity index is 2.61. The van der Waals surface area contributed by atoms with Crippen LogP contribution in [0.2, 0.25) is 0 Å². The zero-order chi connectivity index (χ0) is 12.6. The van der Waals surface area contributed by atoms with Crippen LogP contribution < -0.4 is 10.5 Å². The molecule has 0 atom stereocenters. The molecule has 0 radical (unpaired) electrons. The van der Waals surface area contributed by atoms with E-state index in [1.54, 1.807) is 33.2 Å². The van der Waals surface area contributed by atoms with Crippen LogP contribution >= 0.6 is 0 Å². The highest BCUT2D eigenvalue weighted by molar-refractivity contribution is 5.69. The predicted octanol–water partition coefficient (Wildman–Crippen LogP) is 2.13. The van der Waals surface area contributed by atoms with Crippen LogP contribution in [0, 0.1) is 12.7 Å². The van der Waals surface area contributed by atoms with Gasteiger partial charge in [0.05, 0.1) is 12.8 Å². The van der Waals surface area contributed by atoms with Gasteiger partial charge in [0.2, 0.25) is 0 Å². The molecule has 0 fully saturated rings. The van der Waals surface area contributed by atoms with Gasteiger partial charge in [-0.1, -0.05) is 0 Å². The SMILES string of the molecule is COc1cc(C)c(F)cc1-c1cc(N)n(C)n1. The van der Waals surface area contributed by atoms with E-state index in [1.807, 2.05) is 0 Å². The van der Waals surface area contributed by atoms with Crippen molar-refractivity contribution in [3.05, 3.63) is 29.6 Å². The number of ether oxygens (including phenoxy) is 1. The number of halogens is 1. The Hall–Kier alpha value is -2.04. The van der Waals surface area contributed by atoms with Crippen LogP contribution in [0.1, 0.15) is 5.56 Å². The Morgan fingerprint density at radius 1 is 1.35 bits per heavy atom. The first-order valence-electron chi connectivity index (χ1n) is 5.17. The Morgan fingerprint density at radius 2 is 2.06 bits per heavy atom. The van der Waals surface area contributed by atoms with E-state index in [0.717, 1.165) is 0 Å². The van der Waals surface area contributed by atoms with Gasteiger partial charge >= 0.3 is 0 Å². The third kappa shape index (κ3) is 1.95. The number of benzene rings is 1. The number of nitrogens with two attached hydrogens (primary N) is 1. The van der Waals surface area contributed by atoms with Gasteiger partial charge in [0.15, 0.2) is 0 Å². The second kappa shape index (κ2) is 4.08. The molecule has 2 N–H and O–H groups in total. The molecule has 17 heavy (non-hydrogen) atoms. The number of aromatic nitrogens is 2. The van der Waals surface area contributed by atoms with Gasteiger partial charge in [-0.3, -0.25) is 4.68 Å². The molecule has 4 nitrogen and oxygen atoms in total. The highest BCUT2D eigenvalue weighted by Crippen LogP contribution is 2.32. The number of hydrogen-bond acceptors (Lipinski definition) is 3. The average Bonchev–Trinajstić information content (AvgIpc) is 2.62. The summed E-state index contributed by atoms with van der Waals surface area (Å²) in [7, 11) is 3.28. The molecule has 1 heterocycles. The largest absolute Gasteiger partial charge is 0.496 e. The van der Waals surface area contributed by atoms with Crippen molar-refractivity contribution in [2.75, 3.05) is 12.8 Å². The molecule has 5 heteroatoms. The lowest BCUT2D eigenvalue weighted by atomic mass is 10.1. The summed E-state index contributed by atoms with van der Waals surface area (Å²) in [4.78, 5) is 0. The third-order valence-corrected chi connectivity index (χ3v) is 2.67. The molecule has 2 aromatic rings. The van der Waals surface area contributed by atoms with E-state index in [-0.39, 0.29) is 5.82 Å². The summed E-state index contributed by atoms with van der Waals surface area (Å²) in [5.41, 5.74) is 7.44. The molecular formula is C12H14FN3O. The van der Waals surface area contributed by atoms with E-state index in [0.29, 0.717) is 28.4 Å². The topological polar surface area (TPSA) is 53.1 Å². The van der Waals surface area contributed by atoms with Gasteiger partial charge in [0, 0.05) is 18.7 Å². The van der Waals surface area contributed by atoms with Crippen LogP contribution in [0.15, 0.2) is 18.2 Å². The van der Waals surface area contributed by atoms with Crippen molar-refractivity contribution in [3.8, 4) is 17.0 Å². The first-order valence-corrected chi connectivity index (χ1v) is 5.17. The minimum atomic E-state index is -0.287. The van der Waals surface area contributed by atoms with E-state index in [1.165, 1.54) is 10.7 Å². The number of aryl methyl sites for hydroxylation is 2. The Kier molecular flexibility index (Phi) is 2.75. The second-order valence-electron chi connectivity index (χ2n) is 3.88. The van der Waals surface area contributed by atoms with Gasteiger partial charge in [-0.25, -0.2) is 4.39 Å². The number of hydrogen-bond donors (Lipinski definition) is 1. The van der Waals surface area contributed by atoms with Crippen LogP contribution in [0.3, 0.4) is 0 Å². The molecular weight excluding hydrogens is 221 g/mol. The third-order valence-electron chi connectivity index (χ3n) is 2.67. The fourth-order valence-electron chi connectivity index (χ4n) is 1.64. The molecule has 2 rings (SSSR count). The zero-order valence-electron chi connectivity index (χ0n) is 9.99. The van der Waals surface area contributed by atoms with Crippen LogP contribution in [0.5, 0.6) is 5.75 Å². The molecule has 1 aromatic carbocycles. The smallest absolute Gasteiger partial charge is 0.128 e. The van der Waals surface area contributed by atoms with Gasteiger partial charge in [-0.2, -0.15) is 5.10 Å². The molecule has 0 aliphatic rings. The number of rotatable bonds is 2. The van der Waals surface area contributed by atoms with Gasteiger partial charge < -0.3 is 10.5 Å². The van der Waals surface area contributed by atoms with E-state index in [2.05, 4.69) is 5.10 Å². The quantitative estimate of drug-likeness (QED) is 0.867. The fraction of sp³-hybridized carbons (Fsp3) is 0.250. The Morgan fingerprint density at radius 3 is 2.59 bits per heavy atom. The standard InChI is InChI=1S/C12H14FN3O/c1-7-4-11(17-3)8(5-9(7)13)10-6-12(14)16(2)15-10/h4-6H,14H2,1-3H3. The van der Waals surface area contributed by atoms with Crippen LogP contribution in [0.4, 0.5) is 10.2 Å². The van der Waals surface area contributed by atoms with Gasteiger partial charge in [-0.15, -0.1) is 0 Å². The summed E-state index contributed by atoms with van der Waals surface area (Å²) in [6.45, 7) is 1.69. The minimum absolute atomic E-state index is 0.287. The van der Waals surface area contributed by atoms with Crippen molar-refractivity contribution >= 4 is 5.82 Å². The molecule has 1 aromatic heterocycles. The summed E-state index contributed by atoms with van der Waals surface area (Å²) in [5.74, 6) is 0.815. The van der Waals surface area contributed by atoms with Crippen molar-refractivity contribution in [1.29, 1.82) is 0 Å². The van der Waals surface area contributed by atoms with Crippen molar-refractivity contribution < 1.29 is 9.13 Å². The molecule has 0 amide bonds. The van der Waals surface area contributed by atoms with Crippen molar-refractivity contribution in [1.82, 2.24) is 9.78 Å². The summed E-state index contributed by atoms with van der Waals surface area (Å²) < 4.78 is 20.3. The highest BCUT2D eigenvalue weighted by Gasteiger charge is 2.13. The van der Waals surface area contributed by atoms with Gasteiger partial charge in [-0.05, 0) is 24.6 Å². The van der Waals surface area contributed by atoms with Crippen molar-refractivity contribution in [3.63, 3.8) is 0 Å². The number of nitrogen functional groups attached to an aromatic ring is 1. The van der Waals surface area contributed by atoms with Crippen molar-refractivity contribution in [2.45, 2.75) is 6.92 Å². The lowest BCUT2D eigenvalue weighted by Crippen LogP contribution is -1.97. The monoisotopic (exact) mass is 235 g/mol. The zero-order valence-corrected chi connectivity index (χ0v) is 9.99. The number of anilines is 1. The highest BCUT2D eigenvalue weighted by atomic mass is 19.1. The average molecular weight is 235 g/mol. The normalized spacial score (nSPS) is 10.6. The lowest BCUT2D eigenvalue weighted by Gasteiger charge is -2.08. The number of methoxy groups -OCH3 is 1. The van der Waals surface area contributed by atoms with E-state index in [9.17, 15) is 4.39 Å². The number of nitrogens with zero attached hydrogens (tertiary/aromatic N) is 2. The van der Waals surface area contributed by atoms with Gasteiger partial charge in [0.25, 0.3) is 0 Å². The predicted molar refractivity (Wildman–Crippen MR) is 64.3 cm³/mol. The summed E-state index contributed by atoms with van der Waals surface area (Å²) in [6.07, 6.45) is 0. The van der Waals surface area contributed by atoms with Crippen LogP contribution in [-0.4, -0.2) is 16.9 Å². The summed E-state index contributed by atoms with van der Waals surface area (Å²) in [5, 5.41) is 4.20. The molecule has 0 saturated heterocycles. The van der Waals surface area contributed by atoms with E-state index in [4.69, 9.17) is 10.5 Å². The summed E-state index contributed by atoms with van der Waals surface area (Å²) >= 11 is 0. The molecule has 0 saturated carbocycles. The van der Waals surface area contributed by atoms with Crippen LogP contribution in [-0.2, 0) is 7.05 Å². The molecule has 0 aliphatic heterocycles. The maximum atomic E-state index is 13.6.